The summed E-state index contributed by atoms with van der Waals surface area (Å²) in [6.45, 7) is 1.93. The van der Waals surface area contributed by atoms with Crippen LogP contribution >= 0.6 is 11.8 Å². The summed E-state index contributed by atoms with van der Waals surface area (Å²) in [5.74, 6) is -0.819. The van der Waals surface area contributed by atoms with Crippen LogP contribution in [0.4, 0.5) is 0 Å². The molecule has 0 spiro atoms. The molecule has 0 aromatic rings. The normalized spacial score (nSPS) is 30.1. The van der Waals surface area contributed by atoms with Crippen LogP contribution in [0.25, 0.3) is 0 Å². The number of nitrogens with two attached hydrogens (primary N) is 1. The molecule has 62 valence electrons. The quantitative estimate of drug-likeness (QED) is 0.630. The molecule has 11 heavy (non-hydrogen) atoms. The van der Waals surface area contributed by atoms with Gasteiger partial charge in [0.15, 0.2) is 5.17 Å². The number of rotatable bonds is 2. The highest BCUT2D eigenvalue weighted by atomic mass is 32.2. The summed E-state index contributed by atoms with van der Waals surface area (Å²) in [4.78, 5) is 14.3. The molecular formula is C6H10N2O2S. The predicted molar refractivity (Wildman–Crippen MR) is 44.7 cm³/mol. The molecule has 3 N–H and O–H groups in total. The summed E-state index contributed by atoms with van der Waals surface area (Å²) in [5.41, 5.74) is 5.41. The molecule has 1 aliphatic heterocycles. The molecular weight excluding hydrogens is 164 g/mol. The van der Waals surface area contributed by atoms with Gasteiger partial charge in [-0.1, -0.05) is 18.7 Å². The van der Waals surface area contributed by atoms with E-state index in [1.165, 1.54) is 11.8 Å². The van der Waals surface area contributed by atoms with E-state index in [2.05, 4.69) is 4.99 Å². The molecule has 5 heteroatoms. The van der Waals surface area contributed by atoms with Gasteiger partial charge in [-0.05, 0) is 0 Å². The van der Waals surface area contributed by atoms with Gasteiger partial charge in [0.1, 0.15) is 0 Å². The van der Waals surface area contributed by atoms with E-state index < -0.39 is 5.97 Å². The number of carbonyl (C=O) groups is 1. The lowest BCUT2D eigenvalue weighted by Crippen LogP contribution is -2.17. The van der Waals surface area contributed by atoms with Gasteiger partial charge < -0.3 is 10.8 Å². The Bertz CT molecular complexity index is 205. The van der Waals surface area contributed by atoms with E-state index in [4.69, 9.17) is 10.8 Å². The maximum Gasteiger partial charge on any atom is 0.305 e. The van der Waals surface area contributed by atoms with Crippen LogP contribution in [0.1, 0.15) is 13.3 Å². The summed E-state index contributed by atoms with van der Waals surface area (Å²) in [6, 6.07) is -0.141. The van der Waals surface area contributed by atoms with Crippen molar-refractivity contribution in [3.63, 3.8) is 0 Å². The highest BCUT2D eigenvalue weighted by molar-refractivity contribution is 8.14. The predicted octanol–water partition coefficient (Wildman–Crippen LogP) is 0.280. The molecule has 1 aliphatic rings. The van der Waals surface area contributed by atoms with Gasteiger partial charge in [-0.3, -0.25) is 9.79 Å². The summed E-state index contributed by atoms with van der Waals surface area (Å²) >= 11 is 1.43. The molecule has 0 saturated heterocycles. The van der Waals surface area contributed by atoms with E-state index in [1.54, 1.807) is 0 Å². The highest BCUT2D eigenvalue weighted by Crippen LogP contribution is 2.25. The monoisotopic (exact) mass is 174 g/mol. The van der Waals surface area contributed by atoms with Gasteiger partial charge in [0.25, 0.3) is 0 Å². The van der Waals surface area contributed by atoms with Gasteiger partial charge >= 0.3 is 5.97 Å². The molecule has 1 heterocycles. The number of carboxylic acids is 1. The Balaban J connectivity index is 2.52. The number of nitrogens with zero attached hydrogens (tertiary/aromatic N) is 1. The van der Waals surface area contributed by atoms with Crippen LogP contribution in [-0.4, -0.2) is 27.5 Å². The molecule has 0 aliphatic carbocycles. The SMILES string of the molecule is C[C@@H]1SC(N)=N[C@@H]1CC(=O)O. The average molecular weight is 174 g/mol. The molecule has 0 aromatic carbocycles. The van der Waals surface area contributed by atoms with Crippen LogP contribution in [0.3, 0.4) is 0 Å². The second-order valence-corrected chi connectivity index (χ2v) is 3.85. The van der Waals surface area contributed by atoms with E-state index in [9.17, 15) is 4.79 Å². The third-order valence-corrected chi connectivity index (χ3v) is 2.56. The third kappa shape index (κ3) is 2.11. The summed E-state index contributed by atoms with van der Waals surface area (Å²) in [5, 5.41) is 9.16. The zero-order valence-corrected chi connectivity index (χ0v) is 6.97. The zero-order valence-electron chi connectivity index (χ0n) is 6.15. The van der Waals surface area contributed by atoms with Gasteiger partial charge in [-0.15, -0.1) is 0 Å². The number of aliphatic imine (C=N–C) groups is 1. The third-order valence-electron chi connectivity index (χ3n) is 1.53. The van der Waals surface area contributed by atoms with Gasteiger partial charge in [0.05, 0.1) is 12.5 Å². The van der Waals surface area contributed by atoms with Crippen molar-refractivity contribution in [2.24, 2.45) is 10.7 Å². The van der Waals surface area contributed by atoms with Crippen molar-refractivity contribution in [1.29, 1.82) is 0 Å². The summed E-state index contributed by atoms with van der Waals surface area (Å²) < 4.78 is 0. The fourth-order valence-electron chi connectivity index (χ4n) is 0.958. The number of aliphatic carboxylic acids is 1. The number of amidine groups is 1. The number of hydrogen-bond donors (Lipinski definition) is 2. The second-order valence-electron chi connectivity index (χ2n) is 2.46. The first-order valence-electron chi connectivity index (χ1n) is 3.31. The first kappa shape index (κ1) is 8.39. The maximum atomic E-state index is 10.3. The Morgan fingerprint density at radius 3 is 2.91 bits per heavy atom. The van der Waals surface area contributed by atoms with Crippen molar-refractivity contribution in [2.75, 3.05) is 0 Å². The van der Waals surface area contributed by atoms with Crippen LogP contribution in [0.2, 0.25) is 0 Å². The lowest BCUT2D eigenvalue weighted by molar-refractivity contribution is -0.137. The Kier molecular flexibility index (Phi) is 2.38. The molecule has 0 bridgehead atoms. The molecule has 0 aromatic heterocycles. The van der Waals surface area contributed by atoms with Crippen LogP contribution in [-0.2, 0) is 4.79 Å². The van der Waals surface area contributed by atoms with Crippen molar-refractivity contribution in [1.82, 2.24) is 0 Å². The second kappa shape index (κ2) is 3.13. The Labute approximate surface area is 68.9 Å². The fourth-order valence-corrected chi connectivity index (χ4v) is 1.85. The minimum Gasteiger partial charge on any atom is -0.481 e. The Morgan fingerprint density at radius 2 is 2.55 bits per heavy atom. The standard InChI is InChI=1S/C6H10N2O2S/c1-3-4(2-5(9)10)8-6(7)11-3/h3-4H,2H2,1H3,(H2,7,8)(H,9,10)/t3-,4+/m0/s1. The molecule has 0 unspecified atom stereocenters. The van der Waals surface area contributed by atoms with Gasteiger partial charge in [0.2, 0.25) is 0 Å². The first-order valence-corrected chi connectivity index (χ1v) is 4.19. The van der Waals surface area contributed by atoms with Gasteiger partial charge in [-0.25, -0.2) is 0 Å². The van der Waals surface area contributed by atoms with E-state index in [0.717, 1.165) is 0 Å². The van der Waals surface area contributed by atoms with E-state index in [1.807, 2.05) is 6.92 Å². The van der Waals surface area contributed by atoms with Crippen molar-refractivity contribution < 1.29 is 9.90 Å². The van der Waals surface area contributed by atoms with Gasteiger partial charge in [0, 0.05) is 5.25 Å². The van der Waals surface area contributed by atoms with Gasteiger partial charge in [-0.2, -0.15) is 0 Å². The Hall–Kier alpha value is -0.710. The topological polar surface area (TPSA) is 75.7 Å². The lowest BCUT2D eigenvalue weighted by atomic mass is 10.1. The van der Waals surface area contributed by atoms with Crippen LogP contribution < -0.4 is 5.73 Å². The highest BCUT2D eigenvalue weighted by Gasteiger charge is 2.26. The zero-order chi connectivity index (χ0) is 8.43. The van der Waals surface area contributed by atoms with Crippen LogP contribution in [0, 0.1) is 0 Å². The fraction of sp³-hybridized carbons (Fsp3) is 0.667. The minimum atomic E-state index is -0.819. The van der Waals surface area contributed by atoms with Crippen molar-refractivity contribution in [3.8, 4) is 0 Å². The molecule has 4 nitrogen and oxygen atoms in total. The van der Waals surface area contributed by atoms with E-state index >= 15 is 0 Å². The van der Waals surface area contributed by atoms with E-state index in [0.29, 0.717) is 5.17 Å². The molecule has 1 rings (SSSR count). The molecule has 0 amide bonds. The van der Waals surface area contributed by atoms with Crippen molar-refractivity contribution in [3.05, 3.63) is 0 Å². The Morgan fingerprint density at radius 1 is 1.91 bits per heavy atom. The maximum absolute atomic E-state index is 10.3. The molecule has 0 saturated carbocycles. The molecule has 2 atom stereocenters. The van der Waals surface area contributed by atoms with Crippen molar-refractivity contribution in [2.45, 2.75) is 24.6 Å². The lowest BCUT2D eigenvalue weighted by Gasteiger charge is -2.07. The average Bonchev–Trinajstić information content (AvgIpc) is 2.09. The molecule has 0 radical (unpaired) electrons. The summed E-state index contributed by atoms with van der Waals surface area (Å²) in [6.07, 6.45) is 0.0782. The number of carboxylic acid groups (broad SMARTS) is 1. The number of thioether (sulfide) groups is 1. The van der Waals surface area contributed by atoms with Crippen molar-refractivity contribution >= 4 is 22.9 Å². The minimum absolute atomic E-state index is 0.0782. The smallest absolute Gasteiger partial charge is 0.305 e. The largest absolute Gasteiger partial charge is 0.481 e. The first-order chi connectivity index (χ1) is 5.09. The summed E-state index contributed by atoms with van der Waals surface area (Å²) in [7, 11) is 0. The van der Waals surface area contributed by atoms with Crippen LogP contribution in [0.5, 0.6) is 0 Å². The number of hydrogen-bond acceptors (Lipinski definition) is 4. The molecule has 0 fully saturated rings. The van der Waals surface area contributed by atoms with E-state index in [-0.39, 0.29) is 17.7 Å². The van der Waals surface area contributed by atoms with Crippen LogP contribution in [0.15, 0.2) is 4.99 Å².